The highest BCUT2D eigenvalue weighted by Gasteiger charge is 2.04. The molecule has 2 rings (SSSR count). The van der Waals surface area contributed by atoms with Crippen molar-refractivity contribution in [3.05, 3.63) is 35.6 Å². The van der Waals surface area contributed by atoms with Gasteiger partial charge in [0.1, 0.15) is 11.6 Å². The lowest BCUT2D eigenvalue weighted by molar-refractivity contribution is -0.256. The highest BCUT2D eigenvalue weighted by molar-refractivity contribution is 7.97. The molecular formula is C11H9O3S-. The Morgan fingerprint density at radius 3 is 2.93 bits per heavy atom. The Labute approximate surface area is 91.1 Å². The maximum atomic E-state index is 10.6. The highest BCUT2D eigenvalue weighted by atomic mass is 32.2. The first-order chi connectivity index (χ1) is 7.20. The lowest BCUT2D eigenvalue weighted by Gasteiger charge is -1.96. The molecule has 1 heterocycles. The summed E-state index contributed by atoms with van der Waals surface area (Å²) in [4.78, 5) is 10.6. The van der Waals surface area contributed by atoms with Crippen LogP contribution in [0.4, 0.5) is 0 Å². The van der Waals surface area contributed by atoms with Crippen LogP contribution in [0.1, 0.15) is 16.1 Å². The molecule has 0 amide bonds. The second-order valence-electron chi connectivity index (χ2n) is 3.20. The van der Waals surface area contributed by atoms with Crippen LogP contribution in [0.2, 0.25) is 0 Å². The Morgan fingerprint density at radius 2 is 2.27 bits per heavy atom. The summed E-state index contributed by atoms with van der Waals surface area (Å²) in [6, 6.07) is 7.14. The summed E-state index contributed by atoms with van der Waals surface area (Å²) in [6.45, 7) is 0. The minimum atomic E-state index is -1.28. The van der Waals surface area contributed by atoms with Crippen LogP contribution >= 0.6 is 11.8 Å². The van der Waals surface area contributed by atoms with Crippen molar-refractivity contribution in [1.82, 2.24) is 0 Å². The van der Waals surface area contributed by atoms with Gasteiger partial charge in [-0.2, -0.15) is 11.8 Å². The number of furan rings is 1. The number of hydrogen-bond donors (Lipinski definition) is 0. The number of fused-ring (bicyclic) bond motifs is 1. The molecule has 1 aromatic carbocycles. The number of carboxylic acids is 1. The standard InChI is InChI=1S/C11H10O3S/c1-15-6-7-2-3-9-8(4-7)5-10(14-9)11(12)13/h2-5H,6H2,1H3,(H,12,13)/p-1. The second-order valence-corrected chi connectivity index (χ2v) is 4.07. The van der Waals surface area contributed by atoms with Crippen molar-refractivity contribution >= 4 is 28.7 Å². The molecule has 0 N–H and O–H groups in total. The number of hydrogen-bond acceptors (Lipinski definition) is 4. The van der Waals surface area contributed by atoms with E-state index in [1.807, 2.05) is 18.4 Å². The van der Waals surface area contributed by atoms with E-state index < -0.39 is 5.97 Å². The van der Waals surface area contributed by atoms with Crippen LogP contribution in [0.5, 0.6) is 0 Å². The number of carbonyl (C=O) groups excluding carboxylic acids is 1. The molecule has 0 aliphatic heterocycles. The van der Waals surface area contributed by atoms with Crippen molar-refractivity contribution in [2.45, 2.75) is 5.75 Å². The number of thioether (sulfide) groups is 1. The summed E-state index contributed by atoms with van der Waals surface area (Å²) in [6.07, 6.45) is 2.02. The van der Waals surface area contributed by atoms with Gasteiger partial charge in [0.2, 0.25) is 0 Å². The first kappa shape index (κ1) is 10.1. The minimum Gasteiger partial charge on any atom is -0.542 e. The van der Waals surface area contributed by atoms with Crippen LogP contribution in [0.15, 0.2) is 28.7 Å². The quantitative estimate of drug-likeness (QED) is 0.791. The van der Waals surface area contributed by atoms with Crippen molar-refractivity contribution in [2.75, 3.05) is 6.26 Å². The average Bonchev–Trinajstić information content (AvgIpc) is 2.61. The van der Waals surface area contributed by atoms with Gasteiger partial charge in [0.05, 0.1) is 0 Å². The molecule has 0 unspecified atom stereocenters. The molecule has 0 radical (unpaired) electrons. The third-order valence-electron chi connectivity index (χ3n) is 2.09. The number of rotatable bonds is 3. The molecule has 0 atom stereocenters. The second kappa shape index (κ2) is 3.98. The normalized spacial score (nSPS) is 10.7. The zero-order valence-electron chi connectivity index (χ0n) is 8.15. The molecule has 4 heteroatoms. The van der Waals surface area contributed by atoms with Gasteiger partial charge >= 0.3 is 0 Å². The molecule has 0 saturated heterocycles. The highest BCUT2D eigenvalue weighted by Crippen LogP contribution is 2.22. The lowest BCUT2D eigenvalue weighted by atomic mass is 10.2. The number of aromatic carboxylic acids is 1. The molecule has 0 aliphatic rings. The Kier molecular flexibility index (Phi) is 2.68. The summed E-state index contributed by atoms with van der Waals surface area (Å²) < 4.78 is 5.09. The zero-order valence-corrected chi connectivity index (χ0v) is 8.97. The van der Waals surface area contributed by atoms with Crippen molar-refractivity contribution < 1.29 is 14.3 Å². The fraction of sp³-hybridized carbons (Fsp3) is 0.182. The van der Waals surface area contributed by atoms with Crippen LogP contribution in [0.25, 0.3) is 11.0 Å². The molecule has 0 aliphatic carbocycles. The molecule has 1 aromatic heterocycles. The van der Waals surface area contributed by atoms with Gasteiger partial charge in [0.25, 0.3) is 0 Å². The predicted octanol–water partition coefficient (Wildman–Crippen LogP) is 1.66. The summed E-state index contributed by atoms with van der Waals surface area (Å²) >= 11 is 1.72. The number of carboxylic acid groups (broad SMARTS) is 1. The lowest BCUT2D eigenvalue weighted by Crippen LogP contribution is -2.21. The number of benzene rings is 1. The molecular weight excluding hydrogens is 212 g/mol. The van der Waals surface area contributed by atoms with Crippen molar-refractivity contribution in [1.29, 1.82) is 0 Å². The molecule has 0 saturated carbocycles. The molecule has 78 valence electrons. The Bertz CT molecular complexity index is 502. The predicted molar refractivity (Wildman–Crippen MR) is 57.8 cm³/mol. The smallest absolute Gasteiger partial charge is 0.150 e. The molecule has 2 aromatic rings. The average molecular weight is 221 g/mol. The molecule has 0 fully saturated rings. The van der Waals surface area contributed by atoms with Crippen LogP contribution in [0, 0.1) is 0 Å². The molecule has 0 spiro atoms. The molecule has 0 bridgehead atoms. The first-order valence-electron chi connectivity index (χ1n) is 4.43. The third-order valence-corrected chi connectivity index (χ3v) is 2.71. The van der Waals surface area contributed by atoms with Gasteiger partial charge in [-0.1, -0.05) is 6.07 Å². The van der Waals surface area contributed by atoms with Crippen molar-refractivity contribution in [3.8, 4) is 0 Å². The topological polar surface area (TPSA) is 53.3 Å². The van der Waals surface area contributed by atoms with Gasteiger partial charge in [0.15, 0.2) is 5.76 Å². The monoisotopic (exact) mass is 221 g/mol. The van der Waals surface area contributed by atoms with E-state index in [2.05, 4.69) is 0 Å². The van der Waals surface area contributed by atoms with E-state index in [9.17, 15) is 9.90 Å². The minimum absolute atomic E-state index is 0.119. The van der Waals surface area contributed by atoms with E-state index in [0.717, 1.165) is 16.7 Å². The van der Waals surface area contributed by atoms with Gasteiger partial charge in [-0.3, -0.25) is 0 Å². The van der Waals surface area contributed by atoms with Gasteiger partial charge in [-0.15, -0.1) is 0 Å². The van der Waals surface area contributed by atoms with E-state index in [1.54, 1.807) is 17.8 Å². The third kappa shape index (κ3) is 1.99. The van der Waals surface area contributed by atoms with E-state index in [1.165, 1.54) is 6.07 Å². The van der Waals surface area contributed by atoms with E-state index >= 15 is 0 Å². The fourth-order valence-corrected chi connectivity index (χ4v) is 1.96. The van der Waals surface area contributed by atoms with Crippen LogP contribution in [-0.2, 0) is 5.75 Å². The van der Waals surface area contributed by atoms with Crippen molar-refractivity contribution in [3.63, 3.8) is 0 Å². The van der Waals surface area contributed by atoms with E-state index in [-0.39, 0.29) is 5.76 Å². The van der Waals surface area contributed by atoms with Crippen LogP contribution < -0.4 is 5.11 Å². The molecule has 3 nitrogen and oxygen atoms in total. The maximum Gasteiger partial charge on any atom is 0.150 e. The summed E-state index contributed by atoms with van der Waals surface area (Å²) in [5, 5.41) is 11.4. The summed E-state index contributed by atoms with van der Waals surface area (Å²) in [5.41, 5.74) is 1.74. The fourth-order valence-electron chi connectivity index (χ4n) is 1.45. The molecule has 15 heavy (non-hydrogen) atoms. The Hall–Kier alpha value is -1.42. The first-order valence-corrected chi connectivity index (χ1v) is 5.83. The summed E-state index contributed by atoms with van der Waals surface area (Å²) in [7, 11) is 0. The van der Waals surface area contributed by atoms with Gasteiger partial charge in [0, 0.05) is 11.1 Å². The maximum absolute atomic E-state index is 10.6. The number of carbonyl (C=O) groups is 1. The summed E-state index contributed by atoms with van der Waals surface area (Å²) in [5.74, 6) is -0.495. The van der Waals surface area contributed by atoms with E-state index in [4.69, 9.17) is 4.42 Å². The van der Waals surface area contributed by atoms with Gasteiger partial charge < -0.3 is 14.3 Å². The van der Waals surface area contributed by atoms with Gasteiger partial charge in [-0.05, 0) is 30.0 Å². The van der Waals surface area contributed by atoms with Crippen LogP contribution in [0.3, 0.4) is 0 Å². The Balaban J connectivity index is 2.47. The SMILES string of the molecule is CSCc1ccc2oc(C(=O)[O-])cc2c1. The Morgan fingerprint density at radius 1 is 1.47 bits per heavy atom. The zero-order chi connectivity index (χ0) is 10.8. The van der Waals surface area contributed by atoms with Gasteiger partial charge in [-0.25, -0.2) is 0 Å². The van der Waals surface area contributed by atoms with Crippen molar-refractivity contribution in [2.24, 2.45) is 0 Å². The van der Waals surface area contributed by atoms with Crippen LogP contribution in [-0.4, -0.2) is 12.2 Å². The largest absolute Gasteiger partial charge is 0.542 e. The van der Waals surface area contributed by atoms with E-state index in [0.29, 0.717) is 5.58 Å².